The zero-order valence-electron chi connectivity index (χ0n) is 15.8. The summed E-state index contributed by atoms with van der Waals surface area (Å²) in [6.07, 6.45) is -2.01. The Balaban J connectivity index is 1.77. The van der Waals surface area contributed by atoms with Gasteiger partial charge in [0.2, 0.25) is 0 Å². The Hall–Kier alpha value is -2.01. The van der Waals surface area contributed by atoms with Crippen LogP contribution >= 0.6 is 23.5 Å². The minimum absolute atomic E-state index is 0.0295. The number of phosphoric ester groups is 1. The van der Waals surface area contributed by atoms with E-state index in [1.54, 1.807) is 0 Å². The summed E-state index contributed by atoms with van der Waals surface area (Å²) in [6.45, 7) is -0.970. The average Bonchev–Trinajstić information content (AvgIpc) is 3.20. The van der Waals surface area contributed by atoms with Crippen LogP contribution < -0.4 is 5.73 Å². The zero-order chi connectivity index (χ0) is 24.6. The Kier molecular flexibility index (Phi) is 7.24. The van der Waals surface area contributed by atoms with Gasteiger partial charge < -0.3 is 35.2 Å². The molecule has 1 aliphatic rings. The maximum absolute atomic E-state index is 11.9. The average molecular weight is 532 g/mol. The highest BCUT2D eigenvalue weighted by Crippen LogP contribution is 2.66. The summed E-state index contributed by atoms with van der Waals surface area (Å²) in [4.78, 5) is 50.2. The van der Waals surface area contributed by atoms with Crippen molar-refractivity contribution in [3.05, 3.63) is 23.1 Å². The second kappa shape index (κ2) is 9.32. The van der Waals surface area contributed by atoms with Crippen molar-refractivity contribution in [2.45, 2.75) is 24.5 Å². The fourth-order valence-corrected chi connectivity index (χ4v) is 5.84. The fraction of sp³-hybridized carbons (Fsp3) is 0.500. The first kappa shape index (κ1) is 25.6. The number of azide groups is 1. The van der Waals surface area contributed by atoms with Gasteiger partial charge in [0.15, 0.2) is 11.5 Å². The van der Waals surface area contributed by atoms with Gasteiger partial charge in [-0.15, -0.1) is 0 Å². The van der Waals surface area contributed by atoms with Crippen LogP contribution in [0.5, 0.6) is 0 Å². The highest BCUT2D eigenvalue weighted by molar-refractivity contribution is 7.66. The smallest absolute Gasteiger partial charge is 0.390 e. The van der Waals surface area contributed by atoms with E-state index >= 15 is 0 Å². The second-order valence-electron chi connectivity index (χ2n) is 6.22. The predicted molar refractivity (Wildman–Crippen MR) is 102 cm³/mol. The van der Waals surface area contributed by atoms with Gasteiger partial charge in [-0.25, -0.2) is 28.6 Å². The highest BCUT2D eigenvalue weighted by Gasteiger charge is 2.47. The van der Waals surface area contributed by atoms with E-state index in [0.717, 1.165) is 6.33 Å². The van der Waals surface area contributed by atoms with Gasteiger partial charge in [-0.3, -0.25) is 9.09 Å². The summed E-state index contributed by atoms with van der Waals surface area (Å²) in [7, 11) is -16.8. The number of nitrogens with two attached hydrogens (primary N) is 1. The van der Waals surface area contributed by atoms with Gasteiger partial charge >= 0.3 is 23.5 Å². The molecule has 2 aromatic rings. The molecule has 0 amide bonds. The molecular formula is C10H15N8O12P3. The van der Waals surface area contributed by atoms with E-state index in [-0.39, 0.29) is 17.0 Å². The number of phosphoric acid groups is 3. The van der Waals surface area contributed by atoms with E-state index in [4.69, 9.17) is 25.8 Å². The number of nitrogens with zero attached hydrogens (tertiary/aromatic N) is 7. The van der Waals surface area contributed by atoms with Crippen molar-refractivity contribution in [2.24, 2.45) is 5.11 Å². The number of aliphatic hydroxyl groups is 1. The summed E-state index contributed by atoms with van der Waals surface area (Å²) in [5.41, 5.74) is 14.9. The number of ether oxygens (including phenoxy) is 1. The van der Waals surface area contributed by atoms with Crippen molar-refractivity contribution in [3.63, 3.8) is 0 Å². The number of imidazole rings is 1. The number of fused-ring (bicyclic) bond motifs is 1. The van der Waals surface area contributed by atoms with E-state index in [1.807, 2.05) is 0 Å². The molecule has 1 fully saturated rings. The number of hydrogen-bond acceptors (Lipinski definition) is 13. The lowest BCUT2D eigenvalue weighted by Crippen LogP contribution is -2.32. The number of aromatic nitrogens is 4. The van der Waals surface area contributed by atoms with Gasteiger partial charge in [-0.05, 0) is 5.53 Å². The molecule has 20 nitrogen and oxygen atoms in total. The van der Waals surface area contributed by atoms with Crippen LogP contribution in [0.4, 0.5) is 5.82 Å². The monoisotopic (exact) mass is 532 g/mol. The van der Waals surface area contributed by atoms with Gasteiger partial charge in [0, 0.05) is 4.91 Å². The van der Waals surface area contributed by atoms with Crippen molar-refractivity contribution in [1.29, 1.82) is 0 Å². The van der Waals surface area contributed by atoms with Gasteiger partial charge in [0.05, 0.1) is 19.0 Å². The van der Waals surface area contributed by atoms with Crippen molar-refractivity contribution >= 4 is 40.4 Å². The quantitative estimate of drug-likeness (QED) is 0.104. The molecule has 0 bridgehead atoms. The first-order valence-electron chi connectivity index (χ1n) is 8.32. The molecule has 0 spiro atoms. The number of aliphatic hydroxyl groups excluding tert-OH is 1. The number of rotatable bonds is 9. The maximum Gasteiger partial charge on any atom is 0.490 e. The summed E-state index contributed by atoms with van der Waals surface area (Å²) in [6, 6.07) is -1.32. The maximum atomic E-state index is 11.9. The van der Waals surface area contributed by atoms with Crippen LogP contribution in [0.2, 0.25) is 0 Å². The SMILES string of the molecule is [N-]=[N+]=NC1C(O)C(COP(=O)(O)OP(=O)(O)OP(=O)(O)O)OC1n1cnc2c(N)ncnc21. The molecule has 3 rings (SSSR count). The lowest BCUT2D eigenvalue weighted by atomic mass is 10.1. The van der Waals surface area contributed by atoms with E-state index < -0.39 is 54.6 Å². The van der Waals surface area contributed by atoms with Gasteiger partial charge in [0.1, 0.15) is 30.2 Å². The van der Waals surface area contributed by atoms with Crippen LogP contribution in [-0.2, 0) is 31.6 Å². The Morgan fingerprint density at radius 3 is 2.52 bits per heavy atom. The van der Waals surface area contributed by atoms with E-state index in [1.165, 1.54) is 10.9 Å². The van der Waals surface area contributed by atoms with Crippen molar-refractivity contribution in [3.8, 4) is 0 Å². The van der Waals surface area contributed by atoms with E-state index in [0.29, 0.717) is 0 Å². The molecule has 182 valence electrons. The third kappa shape index (κ3) is 6.11. The lowest BCUT2D eigenvalue weighted by molar-refractivity contribution is -0.0428. The Labute approximate surface area is 182 Å². The van der Waals surface area contributed by atoms with Crippen molar-refractivity contribution in [2.75, 3.05) is 12.3 Å². The molecular weight excluding hydrogens is 517 g/mol. The number of hydrogen-bond donors (Lipinski definition) is 6. The van der Waals surface area contributed by atoms with Gasteiger partial charge in [-0.2, -0.15) is 8.62 Å². The Morgan fingerprint density at radius 2 is 1.88 bits per heavy atom. The zero-order valence-corrected chi connectivity index (χ0v) is 18.5. The minimum Gasteiger partial charge on any atom is -0.390 e. The fourth-order valence-electron chi connectivity index (χ4n) is 2.81. The molecule has 7 N–H and O–H groups in total. The molecule has 0 radical (unpaired) electrons. The molecule has 3 heterocycles. The van der Waals surface area contributed by atoms with Crippen molar-refractivity contribution in [1.82, 2.24) is 19.5 Å². The Morgan fingerprint density at radius 1 is 1.18 bits per heavy atom. The molecule has 0 aliphatic carbocycles. The first-order chi connectivity index (χ1) is 15.2. The summed E-state index contributed by atoms with van der Waals surface area (Å²) >= 11 is 0. The van der Waals surface area contributed by atoms with Gasteiger partial charge in [0.25, 0.3) is 0 Å². The molecule has 2 aromatic heterocycles. The number of anilines is 1. The normalized spacial score (nSPS) is 27.1. The molecule has 6 atom stereocenters. The van der Waals surface area contributed by atoms with E-state index in [2.05, 4.69) is 38.1 Å². The largest absolute Gasteiger partial charge is 0.490 e. The second-order valence-corrected chi connectivity index (χ2v) is 10.6. The lowest BCUT2D eigenvalue weighted by Gasteiger charge is -2.19. The first-order valence-corrected chi connectivity index (χ1v) is 12.8. The Bertz CT molecular complexity index is 1230. The van der Waals surface area contributed by atoms with Crippen LogP contribution in [0, 0.1) is 0 Å². The number of nitrogen functional groups attached to an aromatic ring is 1. The molecule has 6 unspecified atom stereocenters. The molecule has 33 heavy (non-hydrogen) atoms. The highest BCUT2D eigenvalue weighted by atomic mass is 31.3. The van der Waals surface area contributed by atoms with Gasteiger partial charge in [-0.1, -0.05) is 5.11 Å². The van der Waals surface area contributed by atoms with Crippen LogP contribution in [0.15, 0.2) is 17.8 Å². The van der Waals surface area contributed by atoms with E-state index in [9.17, 15) is 28.6 Å². The molecule has 23 heteroatoms. The van der Waals surface area contributed by atoms with Crippen LogP contribution in [0.25, 0.3) is 21.6 Å². The predicted octanol–water partition coefficient (Wildman–Crippen LogP) is -0.311. The summed E-state index contributed by atoms with van der Waals surface area (Å²) in [5, 5.41) is 13.9. The third-order valence-electron chi connectivity index (χ3n) is 4.00. The van der Waals surface area contributed by atoms with Crippen LogP contribution in [0.3, 0.4) is 0 Å². The minimum atomic E-state index is -5.73. The standard InChI is InChI=1S/C10H15N8O12P3/c11-8-6-9(14-2-13-8)18(3-15-6)10-5(16-17-12)7(19)4(28-10)1-27-32(23,24)30-33(25,26)29-31(20,21)22/h2-5,7,10,19H,1H2,(H,23,24)(H,25,26)(H2,11,13,14)(H2,20,21,22). The van der Waals surface area contributed by atoms with Crippen LogP contribution in [-0.4, -0.2) is 69.1 Å². The molecule has 0 aromatic carbocycles. The molecule has 1 aliphatic heterocycles. The molecule has 1 saturated heterocycles. The topological polar surface area (TPSA) is 308 Å². The van der Waals surface area contributed by atoms with Crippen LogP contribution in [0.1, 0.15) is 6.23 Å². The molecule has 0 saturated carbocycles. The summed E-state index contributed by atoms with van der Waals surface area (Å²) < 4.78 is 52.4. The van der Waals surface area contributed by atoms with Crippen molar-refractivity contribution < 1.29 is 56.3 Å². The third-order valence-corrected chi connectivity index (χ3v) is 7.80. The summed E-state index contributed by atoms with van der Waals surface area (Å²) in [5.74, 6) is 0.0295.